The SMILES string of the molecule is CCOC(=O)N1CCC(NC(=O)c2cc(NCC(C)C)ncn2)CC1. The molecule has 1 aromatic rings. The van der Waals surface area contributed by atoms with Crippen LogP contribution < -0.4 is 10.6 Å². The van der Waals surface area contributed by atoms with Gasteiger partial charge in [-0.3, -0.25) is 4.79 Å². The zero-order valence-corrected chi connectivity index (χ0v) is 15.1. The Bertz CT molecular complexity index is 585. The number of carbonyl (C=O) groups excluding carboxylic acids is 2. The molecule has 2 N–H and O–H groups in total. The van der Waals surface area contributed by atoms with Gasteiger partial charge >= 0.3 is 6.09 Å². The summed E-state index contributed by atoms with van der Waals surface area (Å²) in [6, 6.07) is 1.69. The van der Waals surface area contributed by atoms with Crippen molar-refractivity contribution in [2.45, 2.75) is 39.7 Å². The highest BCUT2D eigenvalue weighted by molar-refractivity contribution is 5.93. The Hall–Kier alpha value is -2.38. The van der Waals surface area contributed by atoms with E-state index in [1.54, 1.807) is 17.9 Å². The number of likely N-dealkylation sites (tertiary alicyclic amines) is 1. The predicted molar refractivity (Wildman–Crippen MR) is 94.4 cm³/mol. The highest BCUT2D eigenvalue weighted by Crippen LogP contribution is 2.13. The number of carbonyl (C=O) groups is 2. The predicted octanol–water partition coefficient (Wildman–Crippen LogP) is 1.90. The number of ether oxygens (including phenoxy) is 1. The maximum Gasteiger partial charge on any atom is 0.409 e. The van der Waals surface area contributed by atoms with Crippen LogP contribution in [0.4, 0.5) is 10.6 Å². The lowest BCUT2D eigenvalue weighted by atomic mass is 10.1. The standard InChI is InChI=1S/C17H27N5O3/c1-4-25-17(24)22-7-5-13(6-8-22)21-16(23)14-9-15(20-11-19-14)18-10-12(2)3/h9,11-13H,4-8,10H2,1-3H3,(H,21,23)(H,18,19,20). The van der Waals surface area contributed by atoms with E-state index in [1.807, 2.05) is 0 Å². The first-order chi connectivity index (χ1) is 12.0. The van der Waals surface area contributed by atoms with E-state index in [0.29, 0.717) is 50.0 Å². The Morgan fingerprint density at radius 1 is 1.32 bits per heavy atom. The average Bonchev–Trinajstić information content (AvgIpc) is 2.61. The molecule has 1 aromatic heterocycles. The Morgan fingerprint density at radius 2 is 2.04 bits per heavy atom. The topological polar surface area (TPSA) is 96.5 Å². The van der Waals surface area contributed by atoms with Crippen LogP contribution in [0, 0.1) is 5.92 Å². The molecule has 1 saturated heterocycles. The first-order valence-corrected chi connectivity index (χ1v) is 8.78. The van der Waals surface area contributed by atoms with Gasteiger partial charge in [-0.15, -0.1) is 0 Å². The molecule has 8 nitrogen and oxygen atoms in total. The van der Waals surface area contributed by atoms with Gasteiger partial charge in [0.1, 0.15) is 17.8 Å². The van der Waals surface area contributed by atoms with Gasteiger partial charge in [-0.2, -0.15) is 0 Å². The molecule has 0 saturated carbocycles. The lowest BCUT2D eigenvalue weighted by molar-refractivity contribution is 0.0856. The van der Waals surface area contributed by atoms with Crippen molar-refractivity contribution < 1.29 is 14.3 Å². The van der Waals surface area contributed by atoms with Crippen LogP contribution in [0.25, 0.3) is 0 Å². The fraction of sp³-hybridized carbons (Fsp3) is 0.647. The monoisotopic (exact) mass is 349 g/mol. The molecule has 2 amide bonds. The van der Waals surface area contributed by atoms with E-state index in [1.165, 1.54) is 6.33 Å². The van der Waals surface area contributed by atoms with Crippen molar-refractivity contribution in [3.63, 3.8) is 0 Å². The molecule has 25 heavy (non-hydrogen) atoms. The number of amides is 2. The first kappa shape index (κ1) is 19.0. The maximum absolute atomic E-state index is 12.4. The zero-order valence-electron chi connectivity index (χ0n) is 15.1. The summed E-state index contributed by atoms with van der Waals surface area (Å²) in [5, 5.41) is 6.17. The first-order valence-electron chi connectivity index (χ1n) is 8.78. The molecule has 0 atom stereocenters. The van der Waals surface area contributed by atoms with Crippen molar-refractivity contribution in [1.29, 1.82) is 0 Å². The molecular weight excluding hydrogens is 322 g/mol. The van der Waals surface area contributed by atoms with E-state index in [0.717, 1.165) is 6.54 Å². The molecule has 138 valence electrons. The maximum atomic E-state index is 12.4. The van der Waals surface area contributed by atoms with Crippen LogP contribution in [-0.2, 0) is 4.74 Å². The Labute approximate surface area is 148 Å². The van der Waals surface area contributed by atoms with E-state index in [4.69, 9.17) is 4.74 Å². The van der Waals surface area contributed by atoms with Gasteiger partial charge in [0.05, 0.1) is 6.61 Å². The number of aromatic nitrogens is 2. The van der Waals surface area contributed by atoms with Crippen LogP contribution in [0.5, 0.6) is 0 Å². The van der Waals surface area contributed by atoms with Crippen molar-refractivity contribution in [2.75, 3.05) is 31.6 Å². The molecule has 1 fully saturated rings. The minimum atomic E-state index is -0.288. The second-order valence-electron chi connectivity index (χ2n) is 6.50. The lowest BCUT2D eigenvalue weighted by Crippen LogP contribution is -2.46. The van der Waals surface area contributed by atoms with Crippen molar-refractivity contribution in [2.24, 2.45) is 5.92 Å². The van der Waals surface area contributed by atoms with Gasteiger partial charge < -0.3 is 20.3 Å². The molecule has 0 aliphatic carbocycles. The van der Waals surface area contributed by atoms with Gasteiger partial charge in [-0.25, -0.2) is 14.8 Å². The molecular formula is C17H27N5O3. The number of hydrogen-bond donors (Lipinski definition) is 2. The summed E-state index contributed by atoms with van der Waals surface area (Å²) in [6.45, 7) is 8.30. The summed E-state index contributed by atoms with van der Waals surface area (Å²) in [5.41, 5.74) is 0.342. The summed E-state index contributed by atoms with van der Waals surface area (Å²) in [6.07, 6.45) is 2.51. The summed E-state index contributed by atoms with van der Waals surface area (Å²) < 4.78 is 5.00. The second-order valence-corrected chi connectivity index (χ2v) is 6.50. The van der Waals surface area contributed by atoms with Crippen molar-refractivity contribution in [3.05, 3.63) is 18.1 Å². The van der Waals surface area contributed by atoms with Gasteiger partial charge in [0.2, 0.25) is 0 Å². The molecule has 1 aliphatic rings. The number of piperidine rings is 1. The fourth-order valence-corrected chi connectivity index (χ4v) is 2.57. The van der Waals surface area contributed by atoms with Gasteiger partial charge in [-0.1, -0.05) is 13.8 Å². The van der Waals surface area contributed by atoms with Gasteiger partial charge in [-0.05, 0) is 25.7 Å². The van der Waals surface area contributed by atoms with E-state index in [-0.39, 0.29) is 18.0 Å². The minimum absolute atomic E-state index is 0.0280. The summed E-state index contributed by atoms with van der Waals surface area (Å²) in [4.78, 5) is 33.9. The minimum Gasteiger partial charge on any atom is -0.450 e. The van der Waals surface area contributed by atoms with Crippen molar-refractivity contribution in [1.82, 2.24) is 20.2 Å². The van der Waals surface area contributed by atoms with Crippen molar-refractivity contribution in [3.8, 4) is 0 Å². The van der Waals surface area contributed by atoms with Gasteiger partial charge in [0.25, 0.3) is 5.91 Å². The smallest absolute Gasteiger partial charge is 0.409 e. The molecule has 8 heteroatoms. The molecule has 0 aromatic carbocycles. The molecule has 0 bridgehead atoms. The Balaban J connectivity index is 1.84. The third-order valence-electron chi connectivity index (χ3n) is 3.95. The van der Waals surface area contributed by atoms with Gasteiger partial charge in [0.15, 0.2) is 0 Å². The van der Waals surface area contributed by atoms with E-state index in [9.17, 15) is 9.59 Å². The molecule has 0 radical (unpaired) electrons. The number of anilines is 1. The highest BCUT2D eigenvalue weighted by atomic mass is 16.6. The largest absolute Gasteiger partial charge is 0.450 e. The quantitative estimate of drug-likeness (QED) is 0.814. The summed E-state index contributed by atoms with van der Waals surface area (Å²) in [7, 11) is 0. The zero-order chi connectivity index (χ0) is 18.2. The van der Waals surface area contributed by atoms with Crippen LogP contribution in [0.2, 0.25) is 0 Å². The molecule has 0 unspecified atom stereocenters. The number of rotatable bonds is 6. The van der Waals surface area contributed by atoms with Crippen LogP contribution in [0.1, 0.15) is 44.1 Å². The average molecular weight is 349 g/mol. The molecule has 1 aliphatic heterocycles. The van der Waals surface area contributed by atoms with Crippen LogP contribution in [-0.4, -0.2) is 59.2 Å². The molecule has 2 rings (SSSR count). The normalized spacial score (nSPS) is 15.1. The molecule has 0 spiro atoms. The lowest BCUT2D eigenvalue weighted by Gasteiger charge is -2.31. The summed E-state index contributed by atoms with van der Waals surface area (Å²) in [5.74, 6) is 0.910. The Kier molecular flexibility index (Phi) is 6.97. The fourth-order valence-electron chi connectivity index (χ4n) is 2.57. The Morgan fingerprint density at radius 3 is 2.68 bits per heavy atom. The van der Waals surface area contributed by atoms with Crippen LogP contribution >= 0.6 is 0 Å². The van der Waals surface area contributed by atoms with Crippen LogP contribution in [0.15, 0.2) is 12.4 Å². The summed E-state index contributed by atoms with van der Waals surface area (Å²) >= 11 is 0. The van der Waals surface area contributed by atoms with Gasteiger partial charge in [0, 0.05) is 31.7 Å². The van der Waals surface area contributed by atoms with E-state index < -0.39 is 0 Å². The second kappa shape index (κ2) is 9.19. The number of nitrogens with zero attached hydrogens (tertiary/aromatic N) is 3. The number of nitrogens with one attached hydrogen (secondary N) is 2. The van der Waals surface area contributed by atoms with Crippen LogP contribution in [0.3, 0.4) is 0 Å². The van der Waals surface area contributed by atoms with E-state index in [2.05, 4.69) is 34.4 Å². The van der Waals surface area contributed by atoms with Crippen molar-refractivity contribution >= 4 is 17.8 Å². The number of hydrogen-bond acceptors (Lipinski definition) is 6. The molecule has 2 heterocycles. The van der Waals surface area contributed by atoms with E-state index >= 15 is 0 Å². The highest BCUT2D eigenvalue weighted by Gasteiger charge is 2.25. The third kappa shape index (κ3) is 5.88. The third-order valence-corrected chi connectivity index (χ3v) is 3.95.